The van der Waals surface area contributed by atoms with Crippen molar-refractivity contribution in [2.75, 3.05) is 39.9 Å². The van der Waals surface area contributed by atoms with E-state index in [1.54, 1.807) is 0 Å². The molecule has 0 bridgehead atoms. The highest BCUT2D eigenvalue weighted by atomic mass is 16.5. The summed E-state index contributed by atoms with van der Waals surface area (Å²) in [4.78, 5) is 13.0. The number of ether oxygens (including phenoxy) is 1. The number of nitrogens with one attached hydrogen (secondary N) is 1. The number of hydrogen-bond donors (Lipinski definition) is 1. The van der Waals surface area contributed by atoms with E-state index in [2.05, 4.69) is 47.0 Å². The number of rotatable bonds is 8. The number of quaternary nitrogens is 1. The fourth-order valence-corrected chi connectivity index (χ4v) is 11.0. The van der Waals surface area contributed by atoms with Gasteiger partial charge in [-0.2, -0.15) is 0 Å². The minimum Gasteiger partial charge on any atom is -0.370 e. The van der Waals surface area contributed by atoms with Crippen molar-refractivity contribution in [2.45, 2.75) is 118 Å². The number of nitrogens with zero attached hydrogens (tertiary/aromatic N) is 1. The van der Waals surface area contributed by atoms with Gasteiger partial charge in [0, 0.05) is 6.04 Å². The van der Waals surface area contributed by atoms with Gasteiger partial charge in [-0.05, 0) is 110 Å². The predicted octanol–water partition coefficient (Wildman–Crippen LogP) is 7.07. The van der Waals surface area contributed by atoms with Crippen LogP contribution in [-0.4, -0.2) is 56.3 Å². The van der Waals surface area contributed by atoms with E-state index < -0.39 is 0 Å². The van der Waals surface area contributed by atoms with Gasteiger partial charge in [-0.3, -0.25) is 4.79 Å². The average molecular weight is 530 g/mol. The van der Waals surface area contributed by atoms with Crippen molar-refractivity contribution in [3.05, 3.63) is 0 Å². The van der Waals surface area contributed by atoms with Crippen molar-refractivity contribution >= 4 is 5.91 Å². The van der Waals surface area contributed by atoms with E-state index in [9.17, 15) is 4.79 Å². The number of hydrogen-bond acceptors (Lipinski definition) is 2. The van der Waals surface area contributed by atoms with Crippen molar-refractivity contribution in [1.82, 2.24) is 5.32 Å². The molecule has 4 saturated carbocycles. The molecule has 218 valence electrons. The van der Waals surface area contributed by atoms with E-state index in [1.807, 2.05) is 0 Å². The van der Waals surface area contributed by atoms with Crippen LogP contribution in [0.1, 0.15) is 112 Å². The van der Waals surface area contributed by atoms with Crippen molar-refractivity contribution in [1.29, 1.82) is 0 Å². The highest BCUT2D eigenvalue weighted by molar-refractivity contribution is 5.77. The first-order valence-electron chi connectivity index (χ1n) is 16.7. The second kappa shape index (κ2) is 11.3. The Kier molecular flexibility index (Phi) is 8.63. The van der Waals surface area contributed by atoms with Crippen LogP contribution in [0, 0.1) is 52.3 Å². The van der Waals surface area contributed by atoms with Gasteiger partial charge in [-0.1, -0.05) is 53.9 Å². The van der Waals surface area contributed by atoms with Crippen LogP contribution in [0.15, 0.2) is 0 Å². The summed E-state index contributed by atoms with van der Waals surface area (Å²) in [5, 5.41) is 3.50. The van der Waals surface area contributed by atoms with Crippen LogP contribution < -0.4 is 5.32 Å². The zero-order valence-corrected chi connectivity index (χ0v) is 25.9. The Bertz CT molecular complexity index is 821. The molecule has 0 spiro atoms. The highest BCUT2D eigenvalue weighted by Crippen LogP contribution is 2.68. The summed E-state index contributed by atoms with van der Waals surface area (Å²) in [6.07, 6.45) is 16.8. The molecule has 0 aromatic carbocycles. The number of morpholine rings is 1. The van der Waals surface area contributed by atoms with E-state index >= 15 is 0 Å². The predicted molar refractivity (Wildman–Crippen MR) is 157 cm³/mol. The second-order valence-corrected chi connectivity index (χ2v) is 16.1. The van der Waals surface area contributed by atoms with Crippen LogP contribution in [0.25, 0.3) is 0 Å². The van der Waals surface area contributed by atoms with E-state index in [-0.39, 0.29) is 5.91 Å². The maximum absolute atomic E-state index is 13.0. The summed E-state index contributed by atoms with van der Waals surface area (Å²) < 4.78 is 6.37. The zero-order chi connectivity index (χ0) is 27.1. The number of amides is 1. The summed E-state index contributed by atoms with van der Waals surface area (Å²) in [6, 6.07) is 0.390. The van der Waals surface area contributed by atoms with Crippen molar-refractivity contribution in [3.8, 4) is 0 Å². The van der Waals surface area contributed by atoms with Crippen LogP contribution in [0.2, 0.25) is 0 Å². The first-order valence-corrected chi connectivity index (χ1v) is 16.7. The lowest BCUT2D eigenvalue weighted by Gasteiger charge is -2.61. The van der Waals surface area contributed by atoms with Gasteiger partial charge < -0.3 is 14.5 Å². The molecule has 1 amide bonds. The minimum absolute atomic E-state index is 0.268. The smallest absolute Gasteiger partial charge is 0.275 e. The zero-order valence-electron chi connectivity index (χ0n) is 25.9. The Hall–Kier alpha value is -0.610. The maximum atomic E-state index is 13.0. The van der Waals surface area contributed by atoms with Crippen molar-refractivity contribution in [2.24, 2.45) is 52.3 Å². The number of carbonyl (C=O) groups is 1. The molecule has 9 unspecified atom stereocenters. The fraction of sp³-hybridized carbons (Fsp3) is 0.971. The van der Waals surface area contributed by atoms with Gasteiger partial charge in [-0.25, -0.2) is 0 Å². The van der Waals surface area contributed by atoms with Gasteiger partial charge in [0.15, 0.2) is 6.54 Å². The Labute approximate surface area is 235 Å². The molecule has 1 heterocycles. The Morgan fingerprint density at radius 3 is 2.37 bits per heavy atom. The van der Waals surface area contributed by atoms with Crippen LogP contribution in [-0.2, 0) is 9.53 Å². The largest absolute Gasteiger partial charge is 0.370 e. The van der Waals surface area contributed by atoms with E-state index in [0.29, 0.717) is 23.4 Å². The Balaban J connectivity index is 1.18. The lowest BCUT2D eigenvalue weighted by molar-refractivity contribution is -0.909. The molecule has 1 saturated heterocycles. The number of fused-ring (bicyclic) bond motifs is 5. The van der Waals surface area contributed by atoms with E-state index in [4.69, 9.17) is 4.74 Å². The molecule has 1 N–H and O–H groups in total. The van der Waals surface area contributed by atoms with Gasteiger partial charge in [0.1, 0.15) is 13.1 Å². The molecule has 4 nitrogen and oxygen atoms in total. The molecule has 5 fully saturated rings. The highest BCUT2D eigenvalue weighted by Gasteiger charge is 2.60. The van der Waals surface area contributed by atoms with Crippen molar-refractivity contribution < 1.29 is 14.0 Å². The standard InChI is InChI=1S/C34H60N2O2/c1-24(2)8-7-9-25(3)29-12-13-30-28-11-10-26-22-27(35-32(37)23-36(6)18-20-38-21-19-36)14-16-33(26,4)31(28)15-17-34(29,30)5/h24-31H,7-23H2,1-6H3/p+1. The van der Waals surface area contributed by atoms with Crippen LogP contribution >= 0.6 is 0 Å². The third kappa shape index (κ3) is 5.61. The van der Waals surface area contributed by atoms with Crippen molar-refractivity contribution in [3.63, 3.8) is 0 Å². The lowest BCUT2D eigenvalue weighted by atomic mass is 9.44. The third-order valence-corrected chi connectivity index (χ3v) is 13.3. The summed E-state index contributed by atoms with van der Waals surface area (Å²) in [7, 11) is 2.22. The molecule has 0 aromatic rings. The SMILES string of the molecule is CC(C)CCCC(C)C1CCC2C3CCC4CC(NC(=O)C[N+]5(C)CCOCC5)CCC4(C)C3CCC12C. The molecular formula is C34H61N2O2+. The maximum Gasteiger partial charge on any atom is 0.275 e. The Morgan fingerprint density at radius 1 is 0.921 bits per heavy atom. The van der Waals surface area contributed by atoms with Gasteiger partial charge >= 0.3 is 0 Å². The van der Waals surface area contributed by atoms with Gasteiger partial charge in [0.2, 0.25) is 0 Å². The summed E-state index contributed by atoms with van der Waals surface area (Å²) in [5.41, 5.74) is 1.08. The van der Waals surface area contributed by atoms with Gasteiger partial charge in [0.25, 0.3) is 5.91 Å². The van der Waals surface area contributed by atoms with Gasteiger partial charge in [-0.15, -0.1) is 0 Å². The first kappa shape index (κ1) is 28.9. The Morgan fingerprint density at radius 2 is 1.63 bits per heavy atom. The molecule has 5 aliphatic rings. The summed E-state index contributed by atoms with van der Waals surface area (Å²) in [5.74, 6) is 6.60. The lowest BCUT2D eigenvalue weighted by Crippen LogP contribution is -2.58. The number of likely N-dealkylation sites (N-methyl/N-ethyl adjacent to an activating group) is 1. The third-order valence-electron chi connectivity index (χ3n) is 13.3. The molecule has 4 heteroatoms. The topological polar surface area (TPSA) is 38.3 Å². The molecule has 0 radical (unpaired) electrons. The van der Waals surface area contributed by atoms with Gasteiger partial charge in [0.05, 0.1) is 20.3 Å². The molecule has 1 aliphatic heterocycles. The minimum atomic E-state index is 0.268. The summed E-state index contributed by atoms with van der Waals surface area (Å²) >= 11 is 0. The first-order chi connectivity index (χ1) is 18.0. The van der Waals surface area contributed by atoms with Crippen LogP contribution in [0.3, 0.4) is 0 Å². The molecular weight excluding hydrogens is 468 g/mol. The van der Waals surface area contributed by atoms with E-state index in [1.165, 1.54) is 77.0 Å². The van der Waals surface area contributed by atoms with Crippen LogP contribution in [0.4, 0.5) is 0 Å². The molecule has 0 aromatic heterocycles. The fourth-order valence-electron chi connectivity index (χ4n) is 11.0. The molecule has 9 atom stereocenters. The number of carbonyl (C=O) groups excluding carboxylic acids is 1. The van der Waals surface area contributed by atoms with E-state index in [0.717, 1.165) is 72.2 Å². The normalized spacial score (nSPS) is 43.1. The van der Waals surface area contributed by atoms with Crippen LogP contribution in [0.5, 0.6) is 0 Å². The quantitative estimate of drug-likeness (QED) is 0.342. The molecule has 4 aliphatic carbocycles. The molecule has 5 rings (SSSR count). The molecule has 38 heavy (non-hydrogen) atoms. The average Bonchev–Trinajstić information content (AvgIpc) is 3.21. The summed E-state index contributed by atoms with van der Waals surface area (Å²) in [6.45, 7) is 16.9. The second-order valence-electron chi connectivity index (χ2n) is 16.1. The monoisotopic (exact) mass is 529 g/mol.